The van der Waals surface area contributed by atoms with E-state index in [4.69, 9.17) is 16.3 Å². The lowest BCUT2D eigenvalue weighted by Gasteiger charge is -2.11. The Morgan fingerprint density at radius 3 is 2.48 bits per heavy atom. The molecule has 6 nitrogen and oxygen atoms in total. The maximum atomic E-state index is 7.69. The topological polar surface area (TPSA) is 49.2 Å². The molecular weight excluding hydrogens is 518 g/mol. The number of nitrogens with zero attached hydrogens (tertiary/aromatic N) is 5. The van der Waals surface area contributed by atoms with Crippen molar-refractivity contribution in [3.63, 3.8) is 0 Å². The van der Waals surface area contributed by atoms with Crippen molar-refractivity contribution in [3.8, 4) is 28.6 Å². The van der Waals surface area contributed by atoms with E-state index >= 15 is 0 Å². The van der Waals surface area contributed by atoms with Crippen molar-refractivity contribution in [1.29, 1.82) is 0 Å². The molecule has 0 saturated heterocycles. The van der Waals surface area contributed by atoms with Crippen LogP contribution < -0.4 is 4.74 Å². The van der Waals surface area contributed by atoms with Crippen LogP contribution in [0.1, 0.15) is 19.4 Å². The number of fused-ring (bicyclic) bond motifs is 4. The summed E-state index contributed by atoms with van der Waals surface area (Å²) in [5.41, 5.74) is 6.53. The Hall–Kier alpha value is -5.41. The van der Waals surface area contributed by atoms with Gasteiger partial charge in [0.2, 0.25) is 0 Å². The zero-order chi connectivity index (χ0) is 28.8. The Kier molecular flexibility index (Phi) is 6.21. The molecule has 0 aliphatic carbocycles. The zero-order valence-corrected chi connectivity index (χ0v) is 23.7. The standard InChI is InChI=1S/C36H29N5O/c1-23(2)15-24-9-12-36(39-21-24)41-33-8-6-5-7-30(33)31-11-10-28(20-34(31)41)42-29-17-26(16-27(19-29)37-3)32-18-25-13-14-40(4)35(25)22-38-32/h5-14,16-23H,15H2,1-2,4H3. The molecule has 0 unspecified atom stereocenters. The van der Waals surface area contributed by atoms with E-state index in [-0.39, 0.29) is 0 Å². The molecule has 42 heavy (non-hydrogen) atoms. The summed E-state index contributed by atoms with van der Waals surface area (Å²) < 4.78 is 10.7. The van der Waals surface area contributed by atoms with Gasteiger partial charge in [-0.1, -0.05) is 38.1 Å². The molecule has 0 N–H and O–H groups in total. The average molecular weight is 548 g/mol. The molecular formula is C36H29N5O. The highest BCUT2D eigenvalue weighted by Gasteiger charge is 2.15. The van der Waals surface area contributed by atoms with Crippen molar-refractivity contribution < 1.29 is 4.74 Å². The first-order chi connectivity index (χ1) is 20.5. The summed E-state index contributed by atoms with van der Waals surface area (Å²) in [7, 11) is 2.00. The minimum absolute atomic E-state index is 0.498. The van der Waals surface area contributed by atoms with E-state index in [2.05, 4.69) is 82.8 Å². The van der Waals surface area contributed by atoms with Crippen molar-refractivity contribution in [3.05, 3.63) is 121 Å². The zero-order valence-electron chi connectivity index (χ0n) is 23.7. The van der Waals surface area contributed by atoms with Gasteiger partial charge in [0.25, 0.3) is 0 Å². The minimum atomic E-state index is 0.498. The van der Waals surface area contributed by atoms with Crippen LogP contribution in [0.3, 0.4) is 0 Å². The molecule has 6 heteroatoms. The quantitative estimate of drug-likeness (QED) is 0.195. The summed E-state index contributed by atoms with van der Waals surface area (Å²) in [4.78, 5) is 13.2. The van der Waals surface area contributed by atoms with Crippen molar-refractivity contribution in [2.24, 2.45) is 13.0 Å². The Morgan fingerprint density at radius 1 is 0.810 bits per heavy atom. The molecule has 0 bridgehead atoms. The van der Waals surface area contributed by atoms with Gasteiger partial charge in [0.05, 0.1) is 35.0 Å². The highest BCUT2D eigenvalue weighted by Crippen LogP contribution is 2.37. The summed E-state index contributed by atoms with van der Waals surface area (Å²) in [6.45, 7) is 12.1. The number of hydrogen-bond acceptors (Lipinski definition) is 3. The normalized spacial score (nSPS) is 11.5. The summed E-state index contributed by atoms with van der Waals surface area (Å²) in [5.74, 6) is 2.71. The van der Waals surface area contributed by atoms with Crippen LogP contribution in [0.4, 0.5) is 5.69 Å². The van der Waals surface area contributed by atoms with Crippen LogP contribution in [0, 0.1) is 12.5 Å². The van der Waals surface area contributed by atoms with Crippen molar-refractivity contribution in [1.82, 2.24) is 19.1 Å². The Morgan fingerprint density at radius 2 is 1.67 bits per heavy atom. The van der Waals surface area contributed by atoms with Gasteiger partial charge in [0.1, 0.15) is 17.3 Å². The summed E-state index contributed by atoms with van der Waals surface area (Å²) in [5, 5.41) is 3.39. The van der Waals surface area contributed by atoms with Gasteiger partial charge < -0.3 is 9.30 Å². The van der Waals surface area contributed by atoms with Gasteiger partial charge in [0.15, 0.2) is 5.69 Å². The highest BCUT2D eigenvalue weighted by molar-refractivity contribution is 6.09. The fourth-order valence-corrected chi connectivity index (χ4v) is 5.71. The van der Waals surface area contributed by atoms with Gasteiger partial charge in [-0.05, 0) is 78.1 Å². The molecule has 0 radical (unpaired) electrons. The van der Waals surface area contributed by atoms with Gasteiger partial charge in [-0.15, -0.1) is 0 Å². The molecule has 4 heterocycles. The maximum absolute atomic E-state index is 7.69. The third-order valence-corrected chi connectivity index (χ3v) is 7.65. The lowest BCUT2D eigenvalue weighted by molar-refractivity contribution is 0.484. The average Bonchev–Trinajstić information content (AvgIpc) is 3.54. The van der Waals surface area contributed by atoms with E-state index in [9.17, 15) is 0 Å². The fourth-order valence-electron chi connectivity index (χ4n) is 5.71. The van der Waals surface area contributed by atoms with Gasteiger partial charge in [-0.25, -0.2) is 9.83 Å². The van der Waals surface area contributed by atoms with Gasteiger partial charge in [0, 0.05) is 41.7 Å². The predicted molar refractivity (Wildman–Crippen MR) is 170 cm³/mol. The van der Waals surface area contributed by atoms with E-state index in [0.717, 1.165) is 56.2 Å². The first-order valence-electron chi connectivity index (χ1n) is 14.1. The van der Waals surface area contributed by atoms with Crippen LogP contribution in [0.15, 0.2) is 104 Å². The van der Waals surface area contributed by atoms with Crippen molar-refractivity contribution in [2.75, 3.05) is 0 Å². The maximum Gasteiger partial charge on any atom is 0.191 e. The number of rotatable bonds is 6. The number of benzene rings is 3. The summed E-state index contributed by atoms with van der Waals surface area (Å²) >= 11 is 0. The van der Waals surface area contributed by atoms with Crippen LogP contribution in [-0.4, -0.2) is 19.1 Å². The van der Waals surface area contributed by atoms with E-state index in [1.165, 1.54) is 5.56 Å². The molecule has 204 valence electrons. The van der Waals surface area contributed by atoms with Crippen LogP contribution in [-0.2, 0) is 13.5 Å². The Balaban J connectivity index is 1.30. The molecule has 0 aliphatic rings. The van der Waals surface area contributed by atoms with Crippen LogP contribution in [0.25, 0.3) is 54.6 Å². The summed E-state index contributed by atoms with van der Waals surface area (Å²) in [6.07, 6.45) is 6.87. The third-order valence-electron chi connectivity index (χ3n) is 7.65. The van der Waals surface area contributed by atoms with Crippen LogP contribution in [0.2, 0.25) is 0 Å². The third kappa shape index (κ3) is 4.55. The lowest BCUT2D eigenvalue weighted by Crippen LogP contribution is -2.00. The Labute approximate surface area is 244 Å². The second-order valence-electron chi connectivity index (χ2n) is 11.1. The molecule has 4 aromatic heterocycles. The number of aryl methyl sites for hydroxylation is 1. The van der Waals surface area contributed by atoms with Crippen LogP contribution >= 0.6 is 0 Å². The fraction of sp³-hybridized carbons (Fsp3) is 0.139. The lowest BCUT2D eigenvalue weighted by atomic mass is 10.1. The molecule has 0 fully saturated rings. The molecule has 0 atom stereocenters. The molecule has 0 spiro atoms. The van der Waals surface area contributed by atoms with Crippen molar-refractivity contribution in [2.45, 2.75) is 20.3 Å². The molecule has 0 saturated carbocycles. The van der Waals surface area contributed by atoms with Gasteiger partial charge in [-0.2, -0.15) is 0 Å². The number of ether oxygens (including phenoxy) is 1. The highest BCUT2D eigenvalue weighted by atomic mass is 16.5. The first-order valence-corrected chi connectivity index (χ1v) is 14.1. The first kappa shape index (κ1) is 25.6. The van der Waals surface area contributed by atoms with Crippen LogP contribution in [0.5, 0.6) is 11.5 Å². The smallest absolute Gasteiger partial charge is 0.191 e. The number of para-hydroxylation sites is 1. The van der Waals surface area contributed by atoms with E-state index in [1.807, 2.05) is 54.5 Å². The van der Waals surface area contributed by atoms with E-state index < -0.39 is 0 Å². The second-order valence-corrected chi connectivity index (χ2v) is 11.1. The van der Waals surface area contributed by atoms with E-state index in [0.29, 0.717) is 23.1 Å². The van der Waals surface area contributed by atoms with E-state index in [1.54, 1.807) is 6.07 Å². The molecule has 0 amide bonds. The van der Waals surface area contributed by atoms with Gasteiger partial charge >= 0.3 is 0 Å². The molecule has 7 rings (SSSR count). The second kappa shape index (κ2) is 10.2. The molecule has 0 aliphatic heterocycles. The number of hydrogen-bond donors (Lipinski definition) is 0. The predicted octanol–water partition coefficient (Wildman–Crippen LogP) is 9.27. The number of aromatic nitrogens is 4. The molecule has 7 aromatic rings. The number of pyridine rings is 2. The van der Waals surface area contributed by atoms with Crippen molar-refractivity contribution >= 4 is 38.4 Å². The largest absolute Gasteiger partial charge is 0.459 e. The Bertz CT molecular complexity index is 2140. The SMILES string of the molecule is [C-]#[N+]c1cc(Oc2ccc3c4ccccc4n(-c4ccc(CC(C)C)cn4)c3c2)cc(-c2cc3ccn(C)c3cn2)c1. The minimum Gasteiger partial charge on any atom is -0.459 e. The monoisotopic (exact) mass is 547 g/mol. The summed E-state index contributed by atoms with van der Waals surface area (Å²) in [6, 6.07) is 28.5. The molecule has 3 aromatic carbocycles. The van der Waals surface area contributed by atoms with Gasteiger partial charge in [-0.3, -0.25) is 9.55 Å².